The quantitative estimate of drug-likeness (QED) is 0.00765. The number of aryl methyl sites for hydroxylation is 1. The van der Waals surface area contributed by atoms with Gasteiger partial charge in [0.2, 0.25) is 0 Å². The normalized spacial score (nSPS) is 11.7. The van der Waals surface area contributed by atoms with E-state index in [2.05, 4.69) is 25.9 Å². The van der Waals surface area contributed by atoms with Gasteiger partial charge < -0.3 is 68.0 Å². The Balaban J connectivity index is 0.000000540. The van der Waals surface area contributed by atoms with E-state index in [1.54, 1.807) is 36.0 Å². The second-order valence-electron chi connectivity index (χ2n) is 19.0. The van der Waals surface area contributed by atoms with Crippen LogP contribution >= 0.6 is 11.8 Å². The molecule has 4 atom stereocenters. The van der Waals surface area contributed by atoms with E-state index in [0.717, 1.165) is 74.3 Å². The fraction of sp³-hybridized carbons (Fsp3) is 0.431. The predicted molar refractivity (Wildman–Crippen MR) is 318 cm³/mol. The lowest BCUT2D eigenvalue weighted by Gasteiger charge is -2.09. The van der Waals surface area contributed by atoms with Crippen LogP contribution in [0.15, 0.2) is 123 Å². The maximum atomic E-state index is 11.9. The SMILES string of the molecule is CC(C)=NOCCC(=O)c1ccc(CC(N)C(=O)O)cc1.CC(C)=NOCCCc1ccc(CC(N)C(=O)O)cc1.CC(C)=NOCCNc1ccc(CC(N)C(=O)O)cc1.CC(C)=NOCCSc1ccc(CC(N)C(=O)O)cc1. The Morgan fingerprint density at radius 3 is 1.19 bits per heavy atom. The smallest absolute Gasteiger partial charge is 0.320 e. The number of oxime groups is 4. The van der Waals surface area contributed by atoms with Crippen molar-refractivity contribution in [3.05, 3.63) is 130 Å². The highest BCUT2D eigenvalue weighted by Crippen LogP contribution is 2.19. The molecule has 23 heteroatoms. The van der Waals surface area contributed by atoms with Crippen molar-refractivity contribution in [2.24, 2.45) is 43.6 Å². The zero-order chi connectivity index (χ0) is 60.7. The molecule has 0 radical (unpaired) electrons. The predicted octanol–water partition coefficient (Wildman–Crippen LogP) is 7.22. The standard InChI is InChI=1S/C15H20N2O4.C15H22N2O3.C14H21N3O3.C14H20N2O3S/c1-10(2)17-21-8-7-14(18)12-5-3-11(4-6-12)9-13(16)15(19)20;1-11(2)17-20-9-3-4-12-5-7-13(8-6-12)10-14(16)15(18)19;1-10(2)17-20-8-7-16-12-5-3-11(4-6-12)9-13(15)14(18)19;1-10(2)16-19-7-8-20-12-5-3-11(4-6-12)9-13(15)14(17)18/h3-6,13H,7-9,16H2,1-2H3,(H,19,20);5-8,14H,3-4,9-10,16H2,1-2H3,(H,18,19);3-6,13,16H,7-9,15H2,1-2H3,(H,18,19);3-6,13H,7-9,15H2,1-2H3,(H,17,18). The van der Waals surface area contributed by atoms with Crippen LogP contribution in [0.4, 0.5) is 5.69 Å². The average molecular weight is 1150 g/mol. The summed E-state index contributed by atoms with van der Waals surface area (Å²) < 4.78 is 0. The second kappa shape index (κ2) is 41.3. The molecule has 0 aliphatic carbocycles. The number of nitrogens with zero attached hydrogens (tertiary/aromatic N) is 4. The third-order valence-corrected chi connectivity index (χ3v) is 11.3. The van der Waals surface area contributed by atoms with Crippen molar-refractivity contribution in [2.75, 3.05) is 44.0 Å². The summed E-state index contributed by atoms with van der Waals surface area (Å²) in [7, 11) is 0. The molecule has 0 fully saturated rings. The van der Waals surface area contributed by atoms with Gasteiger partial charge in [-0.3, -0.25) is 24.0 Å². The third-order valence-electron chi connectivity index (χ3n) is 10.3. The van der Waals surface area contributed by atoms with Crippen molar-refractivity contribution in [2.45, 2.75) is 129 Å². The van der Waals surface area contributed by atoms with E-state index in [1.807, 2.05) is 128 Å². The lowest BCUT2D eigenvalue weighted by molar-refractivity contribution is -0.139. The van der Waals surface area contributed by atoms with Gasteiger partial charge in [-0.15, -0.1) is 11.8 Å². The van der Waals surface area contributed by atoms with Gasteiger partial charge in [-0.1, -0.05) is 93.4 Å². The summed E-state index contributed by atoms with van der Waals surface area (Å²) in [6.45, 7) is 17.4. The highest BCUT2D eigenvalue weighted by molar-refractivity contribution is 7.99. The van der Waals surface area contributed by atoms with Crippen LogP contribution in [0.2, 0.25) is 0 Å². The highest BCUT2D eigenvalue weighted by atomic mass is 32.2. The molecule has 4 aromatic rings. The Kier molecular flexibility index (Phi) is 36.4. The van der Waals surface area contributed by atoms with Crippen molar-refractivity contribution in [1.82, 2.24) is 0 Å². The maximum absolute atomic E-state index is 11.9. The molecule has 444 valence electrons. The summed E-state index contributed by atoms with van der Waals surface area (Å²) in [6.07, 6.45) is 3.29. The third kappa shape index (κ3) is 36.2. The number of benzene rings is 4. The Labute approximate surface area is 479 Å². The van der Waals surface area contributed by atoms with Gasteiger partial charge in [-0.05, 0) is 146 Å². The number of nitrogens with two attached hydrogens (primary N) is 4. The monoisotopic (exact) mass is 1150 g/mol. The molecule has 0 amide bonds. The van der Waals surface area contributed by atoms with E-state index in [-0.39, 0.29) is 25.2 Å². The number of anilines is 1. The van der Waals surface area contributed by atoms with Gasteiger partial charge in [0.1, 0.15) is 50.6 Å². The van der Waals surface area contributed by atoms with Crippen molar-refractivity contribution >= 4 is 70.0 Å². The lowest BCUT2D eigenvalue weighted by atomic mass is 10.0. The van der Waals surface area contributed by atoms with Crippen molar-refractivity contribution in [3.8, 4) is 0 Å². The Morgan fingerprint density at radius 2 is 0.790 bits per heavy atom. The summed E-state index contributed by atoms with van der Waals surface area (Å²) >= 11 is 1.66. The minimum atomic E-state index is -1.04. The number of Topliss-reactive ketones (excluding diaryl/α,β-unsaturated/α-hetero) is 1. The largest absolute Gasteiger partial charge is 0.480 e. The molecule has 4 rings (SSSR count). The number of rotatable bonds is 32. The highest BCUT2D eigenvalue weighted by Gasteiger charge is 2.15. The Morgan fingerprint density at radius 1 is 0.457 bits per heavy atom. The van der Waals surface area contributed by atoms with Crippen molar-refractivity contribution < 1.29 is 63.7 Å². The first kappa shape index (κ1) is 71.3. The van der Waals surface area contributed by atoms with E-state index >= 15 is 0 Å². The summed E-state index contributed by atoms with van der Waals surface area (Å²) in [5.74, 6) is -3.22. The molecular formula is C58H83N9O13S. The molecular weight excluding hydrogens is 1060 g/mol. The van der Waals surface area contributed by atoms with E-state index in [4.69, 9.17) is 62.7 Å². The van der Waals surface area contributed by atoms with E-state index < -0.39 is 48.0 Å². The van der Waals surface area contributed by atoms with Crippen LogP contribution in [0.5, 0.6) is 0 Å². The Hall–Kier alpha value is -7.70. The molecule has 13 N–H and O–H groups in total. The number of carbonyl (C=O) groups excluding carboxylic acids is 1. The minimum absolute atomic E-state index is 0.0481. The van der Waals surface area contributed by atoms with Crippen LogP contribution in [0.1, 0.15) is 106 Å². The van der Waals surface area contributed by atoms with Crippen LogP contribution < -0.4 is 28.3 Å². The van der Waals surface area contributed by atoms with Gasteiger partial charge in [0, 0.05) is 28.3 Å². The van der Waals surface area contributed by atoms with Crippen LogP contribution in [-0.4, -0.2) is 136 Å². The van der Waals surface area contributed by atoms with Gasteiger partial charge in [-0.2, -0.15) is 0 Å². The van der Waals surface area contributed by atoms with E-state index in [9.17, 15) is 24.0 Å². The molecule has 0 spiro atoms. The first-order chi connectivity index (χ1) is 38.4. The van der Waals surface area contributed by atoms with Crippen LogP contribution in [0.25, 0.3) is 0 Å². The molecule has 4 unspecified atom stereocenters. The molecule has 0 bridgehead atoms. The molecule has 22 nitrogen and oxygen atoms in total. The zero-order valence-corrected chi connectivity index (χ0v) is 48.5. The first-order valence-electron chi connectivity index (χ1n) is 26.1. The molecule has 0 aromatic heterocycles. The average Bonchev–Trinajstić information content (AvgIpc) is 3.41. The van der Waals surface area contributed by atoms with Crippen LogP contribution in [0.3, 0.4) is 0 Å². The maximum Gasteiger partial charge on any atom is 0.320 e. The fourth-order valence-electron chi connectivity index (χ4n) is 6.27. The van der Waals surface area contributed by atoms with Crippen LogP contribution in [0, 0.1) is 0 Å². The van der Waals surface area contributed by atoms with E-state index in [1.165, 1.54) is 5.56 Å². The molecule has 81 heavy (non-hydrogen) atoms. The molecule has 0 heterocycles. The first-order valence-corrected chi connectivity index (χ1v) is 27.1. The molecule has 4 aromatic carbocycles. The van der Waals surface area contributed by atoms with Crippen LogP contribution in [-0.2, 0) is 70.6 Å². The fourth-order valence-corrected chi connectivity index (χ4v) is 7.00. The molecule has 0 saturated carbocycles. The second-order valence-corrected chi connectivity index (χ2v) is 20.2. The number of carbonyl (C=O) groups is 5. The number of carboxylic acid groups (broad SMARTS) is 4. The van der Waals surface area contributed by atoms with Gasteiger partial charge >= 0.3 is 23.9 Å². The lowest BCUT2D eigenvalue weighted by Crippen LogP contribution is -2.32. The molecule has 0 saturated heterocycles. The topological polar surface area (TPSA) is 369 Å². The van der Waals surface area contributed by atoms with E-state index in [0.29, 0.717) is 51.2 Å². The summed E-state index contributed by atoms with van der Waals surface area (Å²) in [6, 6.07) is 26.3. The summed E-state index contributed by atoms with van der Waals surface area (Å²) in [4.78, 5) is 75.9. The number of aliphatic carboxylic acids is 4. The molecule has 0 aliphatic rings. The zero-order valence-electron chi connectivity index (χ0n) is 47.7. The number of carboxylic acids is 4. The van der Waals surface area contributed by atoms with Gasteiger partial charge in [0.15, 0.2) is 5.78 Å². The number of thioether (sulfide) groups is 1. The van der Waals surface area contributed by atoms with Gasteiger partial charge in [0.25, 0.3) is 0 Å². The Bertz CT molecular complexity index is 2390. The van der Waals surface area contributed by atoms with Crippen molar-refractivity contribution in [1.29, 1.82) is 0 Å². The van der Waals surface area contributed by atoms with Crippen molar-refractivity contribution in [3.63, 3.8) is 0 Å². The number of hydrogen-bond donors (Lipinski definition) is 9. The minimum Gasteiger partial charge on any atom is -0.480 e. The summed E-state index contributed by atoms with van der Waals surface area (Å²) in [5, 5.41) is 53.5. The summed E-state index contributed by atoms with van der Waals surface area (Å²) in [5.41, 5.74) is 31.6. The molecule has 0 aliphatic heterocycles. The van der Waals surface area contributed by atoms with Gasteiger partial charge in [0.05, 0.1) is 29.4 Å². The number of hydrogen-bond acceptors (Lipinski definition) is 19. The van der Waals surface area contributed by atoms with Gasteiger partial charge in [-0.25, -0.2) is 0 Å². The number of nitrogens with one attached hydrogen (secondary N) is 1. The number of ketones is 1.